The normalized spacial score (nSPS) is 33.8. The van der Waals surface area contributed by atoms with Crippen LogP contribution in [0.25, 0.3) is 0 Å². The first-order chi connectivity index (χ1) is 4.97. The van der Waals surface area contributed by atoms with Gasteiger partial charge >= 0.3 is 0 Å². The number of hydrogen-bond acceptors (Lipinski definition) is 2. The Hall–Kier alpha value is 0.0500. The maximum absolute atomic E-state index is 2.53. The molecule has 0 spiro atoms. The van der Waals surface area contributed by atoms with Crippen molar-refractivity contribution in [2.24, 2.45) is 0 Å². The molecule has 2 heteroatoms. The van der Waals surface area contributed by atoms with Crippen molar-refractivity contribution in [3.05, 3.63) is 12.2 Å². The second-order valence-corrected chi connectivity index (χ2v) is 4.04. The van der Waals surface area contributed by atoms with Crippen LogP contribution in [-0.4, -0.2) is 22.6 Å². The number of hydrogen-bond donors (Lipinski definition) is 0. The van der Waals surface area contributed by atoms with Crippen LogP contribution in [0.5, 0.6) is 0 Å². The Morgan fingerprint density at radius 3 is 3.40 bits per heavy atom. The summed E-state index contributed by atoms with van der Waals surface area (Å²) in [6, 6.07) is 0.771. The predicted octanol–water partition coefficient (Wildman–Crippen LogP) is 2.06. The Kier molecular flexibility index (Phi) is 2.00. The minimum Gasteiger partial charge on any atom is -0.243 e. The summed E-state index contributed by atoms with van der Waals surface area (Å²) in [5.41, 5.74) is 0. The van der Waals surface area contributed by atoms with E-state index in [0.717, 1.165) is 6.04 Å². The molecule has 0 aromatic heterocycles. The molecule has 0 aromatic carbocycles. The highest BCUT2D eigenvalue weighted by Gasteiger charge is 2.21. The summed E-state index contributed by atoms with van der Waals surface area (Å²) < 4.78 is 2.53. The van der Waals surface area contributed by atoms with E-state index in [1.165, 1.54) is 31.6 Å². The standard InChI is InChI=1S/C8H13NS/c1-2-6-9-8(4-1)5-3-7-10-9/h1,4,8H,2-3,5-7H2. The smallest absolute Gasteiger partial charge is 0.0382 e. The highest BCUT2D eigenvalue weighted by Crippen LogP contribution is 2.28. The summed E-state index contributed by atoms with van der Waals surface area (Å²) in [5, 5.41) is 0. The molecule has 56 valence electrons. The van der Waals surface area contributed by atoms with Gasteiger partial charge in [-0.25, -0.2) is 4.31 Å². The van der Waals surface area contributed by atoms with Gasteiger partial charge in [0.05, 0.1) is 0 Å². The Bertz CT molecular complexity index is 144. The largest absolute Gasteiger partial charge is 0.243 e. The van der Waals surface area contributed by atoms with Crippen molar-refractivity contribution in [3.63, 3.8) is 0 Å². The first kappa shape index (κ1) is 6.74. The van der Waals surface area contributed by atoms with Crippen LogP contribution in [0.15, 0.2) is 12.2 Å². The van der Waals surface area contributed by atoms with Gasteiger partial charge in [-0.1, -0.05) is 24.1 Å². The minimum atomic E-state index is 0.771. The molecule has 2 aliphatic rings. The van der Waals surface area contributed by atoms with Gasteiger partial charge in [-0.2, -0.15) is 0 Å². The van der Waals surface area contributed by atoms with Gasteiger partial charge in [0.25, 0.3) is 0 Å². The zero-order valence-electron chi connectivity index (χ0n) is 6.12. The molecule has 1 fully saturated rings. The second kappa shape index (κ2) is 2.97. The lowest BCUT2D eigenvalue weighted by molar-refractivity contribution is 0.361. The van der Waals surface area contributed by atoms with E-state index in [0.29, 0.717) is 0 Å². The molecular formula is C8H13NS. The first-order valence-electron chi connectivity index (χ1n) is 4.03. The molecule has 0 aliphatic carbocycles. The lowest BCUT2D eigenvalue weighted by Crippen LogP contribution is -2.34. The molecule has 0 amide bonds. The average Bonchev–Trinajstić information content (AvgIpc) is 2.05. The third-order valence-corrected chi connectivity index (χ3v) is 3.40. The van der Waals surface area contributed by atoms with Crippen molar-refractivity contribution in [3.8, 4) is 0 Å². The van der Waals surface area contributed by atoms with E-state index in [4.69, 9.17) is 0 Å². The summed E-state index contributed by atoms with van der Waals surface area (Å²) in [7, 11) is 0. The SMILES string of the molecule is C1=CC2CCCSN2CC1. The van der Waals surface area contributed by atoms with Gasteiger partial charge in [0.15, 0.2) is 0 Å². The molecule has 1 nitrogen and oxygen atoms in total. The van der Waals surface area contributed by atoms with Crippen LogP contribution in [-0.2, 0) is 0 Å². The van der Waals surface area contributed by atoms with Gasteiger partial charge in [-0.3, -0.25) is 0 Å². The van der Waals surface area contributed by atoms with Crippen LogP contribution in [0, 0.1) is 0 Å². The molecule has 0 saturated carbocycles. The molecular weight excluding hydrogens is 142 g/mol. The fraction of sp³-hybridized carbons (Fsp3) is 0.750. The Labute approximate surface area is 66.6 Å². The average molecular weight is 155 g/mol. The summed E-state index contributed by atoms with van der Waals surface area (Å²) >= 11 is 2.03. The molecule has 2 aliphatic heterocycles. The maximum Gasteiger partial charge on any atom is 0.0382 e. The van der Waals surface area contributed by atoms with Crippen LogP contribution < -0.4 is 0 Å². The second-order valence-electron chi connectivity index (χ2n) is 2.90. The molecule has 1 unspecified atom stereocenters. The van der Waals surface area contributed by atoms with Gasteiger partial charge in [0, 0.05) is 18.3 Å². The van der Waals surface area contributed by atoms with Crippen molar-refractivity contribution in [1.82, 2.24) is 4.31 Å². The van der Waals surface area contributed by atoms with Gasteiger partial charge in [0.2, 0.25) is 0 Å². The number of nitrogens with zero attached hydrogens (tertiary/aromatic N) is 1. The Balaban J connectivity index is 2.03. The minimum absolute atomic E-state index is 0.771. The number of rotatable bonds is 0. The maximum atomic E-state index is 2.53. The van der Waals surface area contributed by atoms with Crippen LogP contribution in [0.4, 0.5) is 0 Å². The third kappa shape index (κ3) is 1.23. The third-order valence-electron chi connectivity index (χ3n) is 2.15. The van der Waals surface area contributed by atoms with Crippen molar-refractivity contribution in [1.29, 1.82) is 0 Å². The van der Waals surface area contributed by atoms with Crippen LogP contribution in [0.1, 0.15) is 19.3 Å². The van der Waals surface area contributed by atoms with E-state index in [9.17, 15) is 0 Å². The molecule has 0 N–H and O–H groups in total. The van der Waals surface area contributed by atoms with Crippen molar-refractivity contribution < 1.29 is 0 Å². The zero-order valence-corrected chi connectivity index (χ0v) is 6.94. The van der Waals surface area contributed by atoms with E-state index >= 15 is 0 Å². The summed E-state index contributed by atoms with van der Waals surface area (Å²) in [4.78, 5) is 0. The molecule has 2 heterocycles. The molecule has 10 heavy (non-hydrogen) atoms. The Morgan fingerprint density at radius 1 is 1.50 bits per heavy atom. The lowest BCUT2D eigenvalue weighted by atomic mass is 10.1. The van der Waals surface area contributed by atoms with E-state index in [-0.39, 0.29) is 0 Å². The lowest BCUT2D eigenvalue weighted by Gasteiger charge is -2.34. The topological polar surface area (TPSA) is 3.24 Å². The van der Waals surface area contributed by atoms with Crippen molar-refractivity contribution >= 4 is 11.9 Å². The predicted molar refractivity (Wildman–Crippen MR) is 45.9 cm³/mol. The van der Waals surface area contributed by atoms with E-state index in [1.807, 2.05) is 11.9 Å². The highest BCUT2D eigenvalue weighted by atomic mass is 32.2. The molecule has 2 rings (SSSR count). The Morgan fingerprint density at radius 2 is 2.50 bits per heavy atom. The quantitative estimate of drug-likeness (QED) is 0.389. The number of fused-ring (bicyclic) bond motifs is 1. The van der Waals surface area contributed by atoms with Crippen LogP contribution in [0.3, 0.4) is 0 Å². The monoisotopic (exact) mass is 155 g/mol. The highest BCUT2D eigenvalue weighted by molar-refractivity contribution is 7.97. The molecule has 0 bridgehead atoms. The zero-order chi connectivity index (χ0) is 6.81. The van der Waals surface area contributed by atoms with E-state index in [1.54, 1.807) is 0 Å². The fourth-order valence-corrected chi connectivity index (χ4v) is 2.72. The summed E-state index contributed by atoms with van der Waals surface area (Å²) in [6.45, 7) is 1.27. The summed E-state index contributed by atoms with van der Waals surface area (Å²) in [6.07, 6.45) is 8.73. The molecule has 1 saturated heterocycles. The van der Waals surface area contributed by atoms with Crippen molar-refractivity contribution in [2.75, 3.05) is 12.3 Å². The van der Waals surface area contributed by atoms with Gasteiger partial charge in [-0.05, 0) is 19.3 Å². The van der Waals surface area contributed by atoms with Crippen LogP contribution in [0.2, 0.25) is 0 Å². The van der Waals surface area contributed by atoms with Gasteiger partial charge < -0.3 is 0 Å². The van der Waals surface area contributed by atoms with E-state index < -0.39 is 0 Å². The van der Waals surface area contributed by atoms with E-state index in [2.05, 4.69) is 16.5 Å². The van der Waals surface area contributed by atoms with Crippen LogP contribution >= 0.6 is 11.9 Å². The molecule has 0 radical (unpaired) electrons. The first-order valence-corrected chi connectivity index (χ1v) is 4.97. The molecule has 1 atom stereocenters. The van der Waals surface area contributed by atoms with Gasteiger partial charge in [0.1, 0.15) is 0 Å². The van der Waals surface area contributed by atoms with Gasteiger partial charge in [-0.15, -0.1) is 0 Å². The fourth-order valence-electron chi connectivity index (χ4n) is 1.59. The molecule has 0 aromatic rings. The summed E-state index contributed by atoms with van der Waals surface area (Å²) in [5.74, 6) is 1.34. The van der Waals surface area contributed by atoms with Crippen molar-refractivity contribution in [2.45, 2.75) is 25.3 Å².